The molecule has 0 heterocycles. The SMILES string of the molecule is CBC(=O)N[C@@H](CCC(=O)NCC(C)(C)COCC(C)(C)CC(=O)NCC(C)(C)COCC(C)(C)CNC(=O)C(C)(C)CCC(C)(C)C)C(=O)NCC(C)(C)COCC(C)(C)CC(=O)NCC(C)(C)OCC(C)(C)CNC=O. The molecule has 0 saturated heterocycles. The van der Waals surface area contributed by atoms with E-state index in [-0.39, 0.29) is 90.6 Å². The molecular weight excluding hydrogens is 993 g/mol. The third-order valence-electron chi connectivity index (χ3n) is 13.2. The third-order valence-corrected chi connectivity index (χ3v) is 13.2. The summed E-state index contributed by atoms with van der Waals surface area (Å²) in [6.07, 6.45) is 3.05. The van der Waals surface area contributed by atoms with Crippen molar-refractivity contribution in [2.75, 3.05) is 85.5 Å². The average Bonchev–Trinajstić information content (AvgIpc) is 3.29. The molecular formula is C59H114BN7O11. The fourth-order valence-corrected chi connectivity index (χ4v) is 7.65. The van der Waals surface area contributed by atoms with Crippen LogP contribution in [0.4, 0.5) is 4.79 Å². The highest BCUT2D eigenvalue weighted by atomic mass is 16.5. The largest absolute Gasteiger partial charge is 0.380 e. The van der Waals surface area contributed by atoms with Crippen molar-refractivity contribution in [1.29, 1.82) is 0 Å². The number of hydrogen-bond acceptors (Lipinski definition) is 11. The summed E-state index contributed by atoms with van der Waals surface area (Å²) < 4.78 is 24.4. The number of carbonyl (C=O) groups excluding carboxylic acids is 7. The van der Waals surface area contributed by atoms with E-state index in [1.807, 2.05) is 111 Å². The Kier molecular flexibility index (Phi) is 30.4. The summed E-state index contributed by atoms with van der Waals surface area (Å²) in [6, 6.07) is -0.917. The first-order chi connectivity index (χ1) is 35.3. The summed E-state index contributed by atoms with van der Waals surface area (Å²) in [7, 11) is 0.179. The molecule has 0 aromatic rings. The normalized spacial score (nSPS) is 13.7. The van der Waals surface area contributed by atoms with Crippen molar-refractivity contribution in [1.82, 2.24) is 37.2 Å². The van der Waals surface area contributed by atoms with Gasteiger partial charge >= 0.3 is 0 Å². The summed E-state index contributed by atoms with van der Waals surface area (Å²) >= 11 is 0. The predicted octanol–water partition coefficient (Wildman–Crippen LogP) is 7.32. The van der Waals surface area contributed by atoms with E-state index in [4.69, 9.17) is 18.9 Å². The van der Waals surface area contributed by atoms with Gasteiger partial charge in [0.05, 0.1) is 51.8 Å². The standard InChI is InChI=1S/C59H114BN7O11/c1-50(2,3)25-26-58(18,19)48(73)66-33-57(16,17)40-77-38-55(12,13)31-63-45(70)27-51(4,5)35-75-37-54(10,11)30-62-44(69)24-23-43(67-49(74)60-22)47(72)65-32-56(14,15)39-76-36-52(6,7)28-46(71)64-34-59(20,21)78-41-53(8,9)29-61-42-68/h42-43,60H,23-41H2,1-22H3,(H,61,68)(H,62,69)(H,63,70)(H,64,71)(H,65,72)(H,66,73)(H,67,74)/t43-/m0/s1. The third kappa shape index (κ3) is 36.5. The molecule has 0 radical (unpaired) electrons. The van der Waals surface area contributed by atoms with E-state index in [2.05, 4.69) is 71.8 Å². The van der Waals surface area contributed by atoms with E-state index < -0.39 is 44.6 Å². The van der Waals surface area contributed by atoms with Gasteiger partial charge in [0.1, 0.15) is 6.04 Å². The molecule has 0 aliphatic heterocycles. The van der Waals surface area contributed by atoms with Crippen LogP contribution in [0.2, 0.25) is 6.82 Å². The van der Waals surface area contributed by atoms with Crippen LogP contribution in [-0.2, 0) is 47.7 Å². The molecule has 0 rings (SSSR count). The molecule has 7 N–H and O–H groups in total. The second-order valence-corrected chi connectivity index (χ2v) is 30.2. The maximum atomic E-state index is 13.5. The minimum atomic E-state index is -0.917. The molecule has 0 unspecified atom stereocenters. The van der Waals surface area contributed by atoms with Crippen LogP contribution in [0.1, 0.15) is 184 Å². The maximum absolute atomic E-state index is 13.5. The van der Waals surface area contributed by atoms with Gasteiger partial charge < -0.3 is 56.2 Å². The van der Waals surface area contributed by atoms with E-state index in [1.165, 1.54) is 0 Å². The smallest absolute Gasteiger partial charge is 0.242 e. The van der Waals surface area contributed by atoms with Gasteiger partial charge in [0, 0.05) is 91.0 Å². The summed E-state index contributed by atoms with van der Waals surface area (Å²) in [5, 5.41) is 20.6. The van der Waals surface area contributed by atoms with Gasteiger partial charge in [-0.3, -0.25) is 33.6 Å². The molecule has 0 aliphatic carbocycles. The van der Waals surface area contributed by atoms with Crippen LogP contribution in [0.3, 0.4) is 0 Å². The predicted molar refractivity (Wildman–Crippen MR) is 314 cm³/mol. The van der Waals surface area contributed by atoms with Gasteiger partial charge in [-0.05, 0) is 49.4 Å². The first kappa shape index (κ1) is 74.2. The molecule has 0 spiro atoms. The maximum Gasteiger partial charge on any atom is 0.242 e. The number of nitrogens with one attached hydrogen (secondary N) is 7. The van der Waals surface area contributed by atoms with Gasteiger partial charge in [0.2, 0.25) is 43.2 Å². The molecule has 454 valence electrons. The van der Waals surface area contributed by atoms with Crippen molar-refractivity contribution in [3.05, 3.63) is 0 Å². The monoisotopic (exact) mass is 1110 g/mol. The number of amides is 7. The van der Waals surface area contributed by atoms with Crippen molar-refractivity contribution in [3.8, 4) is 0 Å². The molecule has 0 aliphatic rings. The van der Waals surface area contributed by atoms with Gasteiger partial charge in [-0.15, -0.1) is 0 Å². The Morgan fingerprint density at radius 2 is 0.846 bits per heavy atom. The van der Waals surface area contributed by atoms with Crippen LogP contribution in [0.15, 0.2) is 0 Å². The van der Waals surface area contributed by atoms with Crippen molar-refractivity contribution in [2.24, 2.45) is 48.7 Å². The summed E-state index contributed by atoms with van der Waals surface area (Å²) in [5.74, 6) is -1.12. The quantitative estimate of drug-likeness (QED) is 0.0236. The minimum absolute atomic E-state index is 0.0105. The highest BCUT2D eigenvalue weighted by Gasteiger charge is 2.34. The van der Waals surface area contributed by atoms with E-state index in [0.29, 0.717) is 85.4 Å². The zero-order valence-electron chi connectivity index (χ0n) is 53.3. The lowest BCUT2D eigenvalue weighted by Crippen LogP contribution is -2.50. The minimum Gasteiger partial charge on any atom is -0.380 e. The highest BCUT2D eigenvalue weighted by Crippen LogP contribution is 2.31. The van der Waals surface area contributed by atoms with Gasteiger partial charge in [0.15, 0.2) is 5.81 Å². The molecule has 78 heavy (non-hydrogen) atoms. The lowest BCUT2D eigenvalue weighted by atomic mass is 9.79. The topological polar surface area (TPSA) is 241 Å². The molecule has 0 aromatic carbocycles. The van der Waals surface area contributed by atoms with Crippen LogP contribution >= 0.6 is 0 Å². The summed E-state index contributed by atoms with van der Waals surface area (Å²) in [4.78, 5) is 88.8. The summed E-state index contributed by atoms with van der Waals surface area (Å²) in [5.41, 5.74) is -3.62. The van der Waals surface area contributed by atoms with Crippen molar-refractivity contribution >= 4 is 49.0 Å². The average molecular weight is 1110 g/mol. The van der Waals surface area contributed by atoms with Gasteiger partial charge in [-0.2, -0.15) is 0 Å². The Hall–Kier alpha value is -3.81. The molecule has 0 bridgehead atoms. The fraction of sp³-hybridized carbons (Fsp3) is 0.881. The molecule has 7 amide bonds. The van der Waals surface area contributed by atoms with Crippen LogP contribution in [0.25, 0.3) is 0 Å². The first-order valence-electron chi connectivity index (χ1n) is 28.5. The van der Waals surface area contributed by atoms with Crippen LogP contribution in [-0.4, -0.2) is 146 Å². The Morgan fingerprint density at radius 3 is 1.27 bits per heavy atom. The van der Waals surface area contributed by atoms with E-state index in [9.17, 15) is 33.6 Å². The van der Waals surface area contributed by atoms with Crippen molar-refractivity contribution < 1.29 is 52.5 Å². The van der Waals surface area contributed by atoms with Crippen molar-refractivity contribution in [3.63, 3.8) is 0 Å². The van der Waals surface area contributed by atoms with E-state index >= 15 is 0 Å². The molecule has 0 aromatic heterocycles. The number of ether oxygens (including phenoxy) is 4. The van der Waals surface area contributed by atoms with E-state index in [0.717, 1.165) is 12.8 Å². The van der Waals surface area contributed by atoms with Crippen LogP contribution in [0.5, 0.6) is 0 Å². The van der Waals surface area contributed by atoms with Crippen molar-refractivity contribution in [2.45, 2.75) is 202 Å². The first-order valence-corrected chi connectivity index (χ1v) is 28.5. The van der Waals surface area contributed by atoms with Gasteiger partial charge in [-0.25, -0.2) is 0 Å². The Morgan fingerprint density at radius 1 is 0.462 bits per heavy atom. The number of rotatable bonds is 41. The number of hydrogen-bond donors (Lipinski definition) is 7. The Labute approximate surface area is 473 Å². The van der Waals surface area contributed by atoms with Gasteiger partial charge in [0.25, 0.3) is 0 Å². The lowest BCUT2D eigenvalue weighted by Gasteiger charge is -2.32. The van der Waals surface area contributed by atoms with Gasteiger partial charge in [-0.1, -0.05) is 138 Å². The van der Waals surface area contributed by atoms with E-state index in [1.54, 1.807) is 6.82 Å². The second-order valence-electron chi connectivity index (χ2n) is 30.2. The molecule has 18 nitrogen and oxygen atoms in total. The van der Waals surface area contributed by atoms with Crippen LogP contribution in [0, 0.1) is 48.7 Å². The summed E-state index contributed by atoms with van der Waals surface area (Å²) in [6.45, 7) is 48.9. The molecule has 0 fully saturated rings. The molecule has 0 saturated carbocycles. The zero-order valence-corrected chi connectivity index (χ0v) is 53.3. The Bertz CT molecular complexity index is 1890. The Balaban J connectivity index is 4.91. The number of carbonyl (C=O) groups is 7. The highest BCUT2D eigenvalue weighted by molar-refractivity contribution is 6.72. The molecule has 19 heteroatoms. The fourth-order valence-electron chi connectivity index (χ4n) is 7.65. The molecule has 1 atom stereocenters. The zero-order chi connectivity index (χ0) is 60.7. The second kappa shape index (κ2) is 32.0. The van der Waals surface area contributed by atoms with Crippen LogP contribution < -0.4 is 37.2 Å². The lowest BCUT2D eigenvalue weighted by molar-refractivity contribution is -0.130.